The van der Waals surface area contributed by atoms with Crippen LogP contribution in [0.5, 0.6) is 5.75 Å². The van der Waals surface area contributed by atoms with Crippen molar-refractivity contribution in [1.29, 1.82) is 0 Å². The molecule has 0 aliphatic rings. The number of methoxy groups -OCH3 is 1. The summed E-state index contributed by atoms with van der Waals surface area (Å²) in [6, 6.07) is 4.89. The first-order valence-electron chi connectivity index (χ1n) is 7.88. The second-order valence-corrected chi connectivity index (χ2v) is 6.27. The average molecular weight is 376 g/mol. The van der Waals surface area contributed by atoms with Crippen LogP contribution in [0.25, 0.3) is 5.65 Å². The van der Waals surface area contributed by atoms with E-state index in [0.717, 1.165) is 15.9 Å². The summed E-state index contributed by atoms with van der Waals surface area (Å²) in [6.45, 7) is 5.20. The first kappa shape index (κ1) is 17.9. The fraction of sp³-hybridized carbons (Fsp3) is 0.294. The second-order valence-electron chi connectivity index (χ2n) is 5.87. The van der Waals surface area contributed by atoms with Gasteiger partial charge in [-0.3, -0.25) is 4.79 Å². The maximum Gasteiger partial charge on any atom is 0.352 e. The molecule has 3 aromatic rings. The van der Waals surface area contributed by atoms with Gasteiger partial charge in [-0.1, -0.05) is 11.6 Å². The highest BCUT2D eigenvalue weighted by Gasteiger charge is 2.16. The zero-order chi connectivity index (χ0) is 19.0. The molecule has 2 aromatic heterocycles. The smallest absolute Gasteiger partial charge is 0.352 e. The summed E-state index contributed by atoms with van der Waals surface area (Å²) in [5.41, 5.74) is 2.19. The van der Waals surface area contributed by atoms with Crippen LogP contribution in [0, 0.1) is 20.8 Å². The summed E-state index contributed by atoms with van der Waals surface area (Å²) in [4.78, 5) is 29.2. The Morgan fingerprint density at radius 2 is 2.04 bits per heavy atom. The molecule has 0 fully saturated rings. The van der Waals surface area contributed by atoms with Crippen LogP contribution >= 0.6 is 11.6 Å². The van der Waals surface area contributed by atoms with Crippen LogP contribution in [-0.2, 0) is 11.3 Å². The van der Waals surface area contributed by atoms with Crippen LogP contribution in [0.4, 0.5) is 5.69 Å². The van der Waals surface area contributed by atoms with Gasteiger partial charge < -0.3 is 10.1 Å². The van der Waals surface area contributed by atoms with Crippen LogP contribution in [0.2, 0.25) is 5.02 Å². The normalized spacial score (nSPS) is 11.0. The van der Waals surface area contributed by atoms with E-state index in [1.54, 1.807) is 25.1 Å². The molecule has 0 bridgehead atoms. The summed E-state index contributed by atoms with van der Waals surface area (Å²) in [5, 5.41) is 7.35. The van der Waals surface area contributed by atoms with Crippen molar-refractivity contribution in [2.75, 3.05) is 12.4 Å². The van der Waals surface area contributed by atoms with Crippen molar-refractivity contribution in [3.05, 3.63) is 50.8 Å². The zero-order valence-electron chi connectivity index (χ0n) is 14.8. The highest BCUT2D eigenvalue weighted by molar-refractivity contribution is 6.32. The number of aromatic nitrogens is 4. The van der Waals surface area contributed by atoms with Gasteiger partial charge in [-0.25, -0.2) is 18.9 Å². The molecule has 8 nitrogen and oxygen atoms in total. The Balaban J connectivity index is 1.87. The summed E-state index contributed by atoms with van der Waals surface area (Å²) < 4.78 is 7.60. The number of hydrogen-bond donors (Lipinski definition) is 1. The third-order valence-electron chi connectivity index (χ3n) is 4.10. The number of anilines is 1. The SMILES string of the molecule is COc1ccc(NC(=O)Cn2nc3c(C)c(C)nc(C)n3c2=O)cc1Cl. The van der Waals surface area contributed by atoms with E-state index in [4.69, 9.17) is 16.3 Å². The first-order chi connectivity index (χ1) is 12.3. The summed E-state index contributed by atoms with van der Waals surface area (Å²) in [6.07, 6.45) is 0. The fourth-order valence-corrected chi connectivity index (χ4v) is 2.92. The van der Waals surface area contributed by atoms with Crippen molar-refractivity contribution in [2.24, 2.45) is 0 Å². The minimum atomic E-state index is -0.406. The van der Waals surface area contributed by atoms with Crippen LogP contribution in [-0.4, -0.2) is 32.2 Å². The minimum absolute atomic E-state index is 0.220. The fourth-order valence-electron chi connectivity index (χ4n) is 2.66. The molecule has 0 atom stereocenters. The van der Waals surface area contributed by atoms with E-state index in [2.05, 4.69) is 15.4 Å². The molecule has 3 rings (SSSR count). The molecule has 0 saturated heterocycles. The molecule has 26 heavy (non-hydrogen) atoms. The summed E-state index contributed by atoms with van der Waals surface area (Å²) >= 11 is 6.05. The van der Waals surface area contributed by atoms with E-state index in [9.17, 15) is 9.59 Å². The van der Waals surface area contributed by atoms with E-state index < -0.39 is 11.6 Å². The molecule has 1 amide bonds. The van der Waals surface area contributed by atoms with E-state index in [-0.39, 0.29) is 6.54 Å². The number of nitrogens with zero attached hydrogens (tertiary/aromatic N) is 4. The van der Waals surface area contributed by atoms with E-state index in [1.165, 1.54) is 11.5 Å². The van der Waals surface area contributed by atoms with Crippen molar-refractivity contribution in [3.63, 3.8) is 0 Å². The van der Waals surface area contributed by atoms with Crippen molar-refractivity contribution >= 4 is 28.8 Å². The van der Waals surface area contributed by atoms with Gasteiger partial charge in [-0.15, -0.1) is 5.10 Å². The van der Waals surface area contributed by atoms with Crippen molar-refractivity contribution in [3.8, 4) is 5.75 Å². The zero-order valence-corrected chi connectivity index (χ0v) is 15.6. The van der Waals surface area contributed by atoms with E-state index >= 15 is 0 Å². The average Bonchev–Trinajstić information content (AvgIpc) is 2.90. The van der Waals surface area contributed by atoms with Crippen molar-refractivity contribution in [1.82, 2.24) is 19.2 Å². The number of amides is 1. The van der Waals surface area contributed by atoms with E-state index in [0.29, 0.717) is 27.9 Å². The number of carbonyl (C=O) groups excluding carboxylic acids is 1. The van der Waals surface area contributed by atoms with Crippen molar-refractivity contribution < 1.29 is 9.53 Å². The molecule has 0 aliphatic carbocycles. The van der Waals surface area contributed by atoms with E-state index in [1.807, 2.05) is 13.8 Å². The molecule has 136 valence electrons. The summed E-state index contributed by atoms with van der Waals surface area (Å²) in [7, 11) is 1.51. The van der Waals surface area contributed by atoms with Gasteiger partial charge in [0.05, 0.1) is 12.1 Å². The molecule has 0 aliphatic heterocycles. The molecule has 0 saturated carbocycles. The molecule has 9 heteroatoms. The number of fused-ring (bicyclic) bond motifs is 1. The van der Waals surface area contributed by atoms with Gasteiger partial charge in [0, 0.05) is 16.9 Å². The third kappa shape index (κ3) is 3.15. The molecular formula is C17H18ClN5O3. The van der Waals surface area contributed by atoms with Crippen LogP contribution in [0.15, 0.2) is 23.0 Å². The standard InChI is InChI=1S/C17H18ClN5O3/c1-9-10(2)19-11(3)23-16(9)21-22(17(23)25)8-15(24)20-12-5-6-14(26-4)13(18)7-12/h5-7H,8H2,1-4H3,(H,20,24). The third-order valence-corrected chi connectivity index (χ3v) is 4.39. The van der Waals surface area contributed by atoms with Crippen LogP contribution in [0.3, 0.4) is 0 Å². The number of hydrogen-bond acceptors (Lipinski definition) is 5. The predicted octanol–water partition coefficient (Wildman–Crippen LogP) is 2.12. The lowest BCUT2D eigenvalue weighted by Crippen LogP contribution is -2.29. The maximum absolute atomic E-state index is 12.5. The highest BCUT2D eigenvalue weighted by atomic mass is 35.5. The monoisotopic (exact) mass is 375 g/mol. The minimum Gasteiger partial charge on any atom is -0.495 e. The van der Waals surface area contributed by atoms with Crippen LogP contribution in [0.1, 0.15) is 17.1 Å². The van der Waals surface area contributed by atoms with Gasteiger partial charge in [-0.05, 0) is 39.0 Å². The number of nitrogens with one attached hydrogen (secondary N) is 1. The molecule has 0 spiro atoms. The lowest BCUT2D eigenvalue weighted by molar-refractivity contribution is -0.117. The molecule has 0 radical (unpaired) electrons. The number of halogens is 1. The Bertz CT molecular complexity index is 1070. The predicted molar refractivity (Wildman–Crippen MR) is 98.1 cm³/mol. The Labute approximate surface area is 154 Å². The Morgan fingerprint density at radius 3 is 2.69 bits per heavy atom. The molecule has 2 heterocycles. The number of ether oxygens (including phenoxy) is 1. The van der Waals surface area contributed by atoms with Gasteiger partial charge in [0.1, 0.15) is 18.1 Å². The highest BCUT2D eigenvalue weighted by Crippen LogP contribution is 2.27. The number of aryl methyl sites for hydroxylation is 3. The first-order valence-corrected chi connectivity index (χ1v) is 8.26. The molecular weight excluding hydrogens is 358 g/mol. The van der Waals surface area contributed by atoms with Crippen molar-refractivity contribution in [2.45, 2.75) is 27.3 Å². The molecule has 1 N–H and O–H groups in total. The lowest BCUT2D eigenvalue weighted by Gasteiger charge is -2.07. The van der Waals surface area contributed by atoms with Gasteiger partial charge in [0.2, 0.25) is 5.91 Å². The van der Waals surface area contributed by atoms with Gasteiger partial charge >= 0.3 is 5.69 Å². The van der Waals surface area contributed by atoms with Gasteiger partial charge in [0.15, 0.2) is 5.65 Å². The Hall–Kier alpha value is -2.87. The topological polar surface area (TPSA) is 90.5 Å². The lowest BCUT2D eigenvalue weighted by atomic mass is 10.2. The Kier molecular flexibility index (Phi) is 4.69. The number of benzene rings is 1. The second kappa shape index (κ2) is 6.80. The van der Waals surface area contributed by atoms with Gasteiger partial charge in [-0.2, -0.15) is 0 Å². The summed E-state index contributed by atoms with van der Waals surface area (Å²) in [5.74, 6) is 0.647. The van der Waals surface area contributed by atoms with Crippen LogP contribution < -0.4 is 15.7 Å². The largest absolute Gasteiger partial charge is 0.495 e. The molecule has 1 aromatic carbocycles. The number of carbonyl (C=O) groups is 1. The maximum atomic E-state index is 12.5. The van der Waals surface area contributed by atoms with Gasteiger partial charge in [0.25, 0.3) is 0 Å². The quantitative estimate of drug-likeness (QED) is 0.754. The number of rotatable bonds is 4. The Morgan fingerprint density at radius 1 is 1.31 bits per heavy atom. The molecule has 0 unspecified atom stereocenters.